The third-order valence-corrected chi connectivity index (χ3v) is 4.75. The molecule has 1 amide bonds. The number of carbonyl (C=O) groups excluding carboxylic acids is 1. The van der Waals surface area contributed by atoms with E-state index < -0.39 is 0 Å². The smallest absolute Gasteiger partial charge is 0.238 e. The molecule has 0 aromatic heterocycles. The SMILES string of the molecule is Cc1ccc(Cl)cc1NC(=O)CN1CC2CCCNC2C1. The van der Waals surface area contributed by atoms with Crippen LogP contribution >= 0.6 is 11.6 Å². The van der Waals surface area contributed by atoms with Gasteiger partial charge < -0.3 is 10.6 Å². The van der Waals surface area contributed by atoms with Crippen molar-refractivity contribution < 1.29 is 4.79 Å². The Labute approximate surface area is 130 Å². The molecule has 114 valence electrons. The summed E-state index contributed by atoms with van der Waals surface area (Å²) in [5, 5.41) is 7.18. The van der Waals surface area contributed by atoms with Gasteiger partial charge in [-0.15, -0.1) is 0 Å². The van der Waals surface area contributed by atoms with Crippen LogP contribution in [0.4, 0.5) is 5.69 Å². The summed E-state index contributed by atoms with van der Waals surface area (Å²) in [6.07, 6.45) is 2.53. The normalized spacial score (nSPS) is 25.6. The fraction of sp³-hybridized carbons (Fsp3) is 0.562. The van der Waals surface area contributed by atoms with Gasteiger partial charge in [-0.2, -0.15) is 0 Å². The number of nitrogens with one attached hydrogen (secondary N) is 2. The zero-order valence-electron chi connectivity index (χ0n) is 12.4. The van der Waals surface area contributed by atoms with Crippen molar-refractivity contribution in [3.8, 4) is 0 Å². The first-order chi connectivity index (χ1) is 10.1. The second-order valence-corrected chi connectivity index (χ2v) is 6.60. The molecule has 0 radical (unpaired) electrons. The van der Waals surface area contributed by atoms with Crippen LogP contribution in [0.25, 0.3) is 0 Å². The van der Waals surface area contributed by atoms with Gasteiger partial charge in [-0.1, -0.05) is 17.7 Å². The summed E-state index contributed by atoms with van der Waals surface area (Å²) in [7, 11) is 0. The molecule has 2 unspecified atom stereocenters. The molecular formula is C16H22ClN3O. The number of rotatable bonds is 3. The number of halogens is 1. The van der Waals surface area contributed by atoms with Crippen LogP contribution in [0.15, 0.2) is 18.2 Å². The Hall–Kier alpha value is -1.10. The van der Waals surface area contributed by atoms with Crippen molar-refractivity contribution in [2.24, 2.45) is 5.92 Å². The molecule has 3 rings (SSSR count). The molecule has 0 aliphatic carbocycles. The lowest BCUT2D eigenvalue weighted by Crippen LogP contribution is -2.41. The van der Waals surface area contributed by atoms with Crippen LogP contribution in [0.2, 0.25) is 5.02 Å². The fourth-order valence-electron chi connectivity index (χ4n) is 3.39. The third-order valence-electron chi connectivity index (χ3n) is 4.52. The monoisotopic (exact) mass is 307 g/mol. The Morgan fingerprint density at radius 2 is 2.33 bits per heavy atom. The minimum Gasteiger partial charge on any atom is -0.325 e. The lowest BCUT2D eigenvalue weighted by atomic mass is 9.94. The molecule has 5 heteroatoms. The first-order valence-corrected chi connectivity index (χ1v) is 8.01. The molecule has 2 N–H and O–H groups in total. The average Bonchev–Trinajstić information content (AvgIpc) is 2.84. The second kappa shape index (κ2) is 6.34. The van der Waals surface area contributed by atoms with Crippen LogP contribution in [-0.2, 0) is 4.79 Å². The molecule has 2 saturated heterocycles. The molecule has 2 heterocycles. The van der Waals surface area contributed by atoms with Gasteiger partial charge in [0.25, 0.3) is 0 Å². The topological polar surface area (TPSA) is 44.4 Å². The van der Waals surface area contributed by atoms with Crippen LogP contribution in [0.3, 0.4) is 0 Å². The van der Waals surface area contributed by atoms with Gasteiger partial charge in [-0.05, 0) is 49.9 Å². The molecule has 0 bridgehead atoms. The van der Waals surface area contributed by atoms with Gasteiger partial charge in [-0.3, -0.25) is 9.69 Å². The van der Waals surface area contributed by atoms with Gasteiger partial charge in [0.15, 0.2) is 0 Å². The number of likely N-dealkylation sites (tertiary alicyclic amines) is 1. The Kier molecular flexibility index (Phi) is 4.48. The standard InChI is InChI=1S/C16H22ClN3O/c1-11-4-5-13(17)7-14(11)19-16(21)10-20-8-12-3-2-6-18-15(12)9-20/h4-5,7,12,15,18H,2-3,6,8-10H2,1H3,(H,19,21). The van der Waals surface area contributed by atoms with Crippen molar-refractivity contribution in [1.82, 2.24) is 10.2 Å². The molecule has 2 aliphatic rings. The number of aryl methyl sites for hydroxylation is 1. The zero-order valence-corrected chi connectivity index (χ0v) is 13.1. The summed E-state index contributed by atoms with van der Waals surface area (Å²) in [6, 6.07) is 6.13. The Balaban J connectivity index is 1.56. The van der Waals surface area contributed by atoms with Gasteiger partial charge in [0, 0.05) is 29.8 Å². The number of nitrogens with zero attached hydrogens (tertiary/aromatic N) is 1. The zero-order chi connectivity index (χ0) is 14.8. The van der Waals surface area contributed by atoms with Crippen molar-refractivity contribution in [2.75, 3.05) is 31.5 Å². The number of hydrogen-bond donors (Lipinski definition) is 2. The first-order valence-electron chi connectivity index (χ1n) is 7.63. The van der Waals surface area contributed by atoms with Crippen molar-refractivity contribution in [2.45, 2.75) is 25.8 Å². The van der Waals surface area contributed by atoms with Gasteiger partial charge in [-0.25, -0.2) is 0 Å². The van der Waals surface area contributed by atoms with E-state index in [-0.39, 0.29) is 5.91 Å². The fourth-order valence-corrected chi connectivity index (χ4v) is 3.56. The van der Waals surface area contributed by atoms with E-state index in [4.69, 9.17) is 11.6 Å². The minimum atomic E-state index is 0.0408. The average molecular weight is 308 g/mol. The number of hydrogen-bond acceptors (Lipinski definition) is 3. The Bertz CT molecular complexity index is 520. The molecule has 21 heavy (non-hydrogen) atoms. The number of carbonyl (C=O) groups is 1. The maximum atomic E-state index is 12.2. The van der Waals surface area contributed by atoms with E-state index in [2.05, 4.69) is 15.5 Å². The number of fused-ring (bicyclic) bond motifs is 1. The van der Waals surface area contributed by atoms with E-state index >= 15 is 0 Å². The molecule has 2 atom stereocenters. The Morgan fingerprint density at radius 3 is 3.14 bits per heavy atom. The van der Waals surface area contributed by atoms with Crippen LogP contribution in [0.5, 0.6) is 0 Å². The number of benzene rings is 1. The largest absolute Gasteiger partial charge is 0.325 e. The van der Waals surface area contributed by atoms with Crippen LogP contribution in [0.1, 0.15) is 18.4 Å². The van der Waals surface area contributed by atoms with Gasteiger partial charge >= 0.3 is 0 Å². The predicted molar refractivity (Wildman–Crippen MR) is 85.8 cm³/mol. The van der Waals surface area contributed by atoms with Gasteiger partial charge in [0.05, 0.1) is 6.54 Å². The van der Waals surface area contributed by atoms with Crippen LogP contribution < -0.4 is 10.6 Å². The molecule has 0 spiro atoms. The van der Waals surface area contributed by atoms with Gasteiger partial charge in [0.1, 0.15) is 0 Å². The highest BCUT2D eigenvalue weighted by Crippen LogP contribution is 2.25. The molecule has 2 fully saturated rings. The summed E-state index contributed by atoms with van der Waals surface area (Å²) >= 11 is 5.98. The van der Waals surface area contributed by atoms with E-state index in [1.807, 2.05) is 19.1 Å². The summed E-state index contributed by atoms with van der Waals surface area (Å²) in [4.78, 5) is 14.5. The highest BCUT2D eigenvalue weighted by atomic mass is 35.5. The van der Waals surface area contributed by atoms with E-state index in [9.17, 15) is 4.79 Å². The molecular weight excluding hydrogens is 286 g/mol. The maximum Gasteiger partial charge on any atom is 0.238 e. The molecule has 2 aliphatic heterocycles. The lowest BCUT2D eigenvalue weighted by Gasteiger charge is -2.24. The highest BCUT2D eigenvalue weighted by Gasteiger charge is 2.34. The van der Waals surface area contributed by atoms with E-state index in [1.165, 1.54) is 12.8 Å². The summed E-state index contributed by atoms with van der Waals surface area (Å²) in [5.41, 5.74) is 1.84. The highest BCUT2D eigenvalue weighted by molar-refractivity contribution is 6.31. The minimum absolute atomic E-state index is 0.0408. The maximum absolute atomic E-state index is 12.2. The second-order valence-electron chi connectivity index (χ2n) is 6.16. The number of amides is 1. The Morgan fingerprint density at radius 1 is 1.48 bits per heavy atom. The van der Waals surface area contributed by atoms with E-state index in [0.29, 0.717) is 23.5 Å². The first kappa shape index (κ1) is 14.8. The summed E-state index contributed by atoms with van der Waals surface area (Å²) in [5.74, 6) is 0.749. The number of piperidine rings is 1. The number of anilines is 1. The van der Waals surface area contributed by atoms with E-state index in [0.717, 1.165) is 30.9 Å². The lowest BCUT2D eigenvalue weighted by molar-refractivity contribution is -0.117. The summed E-state index contributed by atoms with van der Waals surface area (Å²) < 4.78 is 0. The van der Waals surface area contributed by atoms with Crippen molar-refractivity contribution in [3.05, 3.63) is 28.8 Å². The van der Waals surface area contributed by atoms with Gasteiger partial charge in [0.2, 0.25) is 5.91 Å². The molecule has 1 aromatic carbocycles. The molecule has 4 nitrogen and oxygen atoms in total. The van der Waals surface area contributed by atoms with E-state index in [1.54, 1.807) is 6.07 Å². The molecule has 0 saturated carbocycles. The van der Waals surface area contributed by atoms with Crippen molar-refractivity contribution >= 4 is 23.2 Å². The van der Waals surface area contributed by atoms with Crippen LogP contribution in [0, 0.1) is 12.8 Å². The quantitative estimate of drug-likeness (QED) is 0.900. The summed E-state index contributed by atoms with van der Waals surface area (Å²) in [6.45, 7) is 5.55. The van der Waals surface area contributed by atoms with Crippen LogP contribution in [-0.4, -0.2) is 43.0 Å². The van der Waals surface area contributed by atoms with Crippen molar-refractivity contribution in [1.29, 1.82) is 0 Å². The predicted octanol–water partition coefficient (Wildman–Crippen LogP) is 2.27. The third kappa shape index (κ3) is 3.57. The van der Waals surface area contributed by atoms with Crippen molar-refractivity contribution in [3.63, 3.8) is 0 Å². The molecule has 1 aromatic rings.